The normalized spacial score (nSPS) is 12.4. The Hall–Kier alpha value is -1.67. The number of phenolic OH excluding ortho intramolecular Hbond substituents is 1. The first-order valence-electron chi connectivity index (χ1n) is 9.49. The maximum absolute atomic E-state index is 10.2. The summed E-state index contributed by atoms with van der Waals surface area (Å²) in [5.41, 5.74) is 3.38. The summed E-state index contributed by atoms with van der Waals surface area (Å²) in [5.74, 6) is 1.79. The minimum absolute atomic E-state index is 0.221. The highest BCUT2D eigenvalue weighted by Crippen LogP contribution is 2.43. The SMILES string of the molecule is CCCCCCCCCc1cccc2c1Cc1c(O)cc(Cl)cc1O2. The number of hydrogen-bond donors (Lipinski definition) is 1. The minimum Gasteiger partial charge on any atom is -0.507 e. The molecule has 2 aromatic carbocycles. The zero-order valence-corrected chi connectivity index (χ0v) is 15.7. The van der Waals surface area contributed by atoms with Gasteiger partial charge in [-0.1, -0.05) is 69.2 Å². The summed E-state index contributed by atoms with van der Waals surface area (Å²) in [4.78, 5) is 0. The van der Waals surface area contributed by atoms with Crippen LogP contribution in [-0.4, -0.2) is 5.11 Å². The number of ether oxygens (including phenoxy) is 1. The molecule has 0 fully saturated rings. The minimum atomic E-state index is 0.221. The molecular weight excluding hydrogens is 332 g/mol. The molecule has 0 spiro atoms. The van der Waals surface area contributed by atoms with Crippen LogP contribution < -0.4 is 4.74 Å². The molecule has 1 aliphatic heterocycles. The van der Waals surface area contributed by atoms with Crippen molar-refractivity contribution >= 4 is 11.6 Å². The van der Waals surface area contributed by atoms with Gasteiger partial charge >= 0.3 is 0 Å². The Bertz CT molecular complexity index is 724. The van der Waals surface area contributed by atoms with Crippen LogP contribution in [0, 0.1) is 0 Å². The van der Waals surface area contributed by atoms with E-state index in [-0.39, 0.29) is 5.75 Å². The molecule has 0 aliphatic carbocycles. The average molecular weight is 359 g/mol. The van der Waals surface area contributed by atoms with E-state index in [0.29, 0.717) is 17.2 Å². The second kappa shape index (κ2) is 8.62. The van der Waals surface area contributed by atoms with Crippen molar-refractivity contribution in [2.24, 2.45) is 0 Å². The number of hydrogen-bond acceptors (Lipinski definition) is 2. The number of fused-ring (bicyclic) bond motifs is 2. The summed E-state index contributed by atoms with van der Waals surface area (Å²) in [7, 11) is 0. The topological polar surface area (TPSA) is 29.5 Å². The van der Waals surface area contributed by atoms with Gasteiger partial charge in [-0.15, -0.1) is 0 Å². The van der Waals surface area contributed by atoms with E-state index in [9.17, 15) is 5.11 Å². The van der Waals surface area contributed by atoms with Crippen molar-refractivity contribution in [3.8, 4) is 17.2 Å². The molecule has 0 bridgehead atoms. The molecule has 1 heterocycles. The third-order valence-corrected chi connectivity index (χ3v) is 5.22. The van der Waals surface area contributed by atoms with E-state index in [1.54, 1.807) is 12.1 Å². The van der Waals surface area contributed by atoms with Gasteiger partial charge in [0, 0.05) is 22.6 Å². The van der Waals surface area contributed by atoms with Crippen molar-refractivity contribution in [3.05, 3.63) is 52.0 Å². The number of benzene rings is 2. The quantitative estimate of drug-likeness (QED) is 0.438. The lowest BCUT2D eigenvalue weighted by molar-refractivity contribution is 0.431. The van der Waals surface area contributed by atoms with E-state index >= 15 is 0 Å². The number of phenols is 1. The molecule has 25 heavy (non-hydrogen) atoms. The molecule has 134 valence electrons. The van der Waals surface area contributed by atoms with Gasteiger partial charge in [-0.2, -0.15) is 0 Å². The van der Waals surface area contributed by atoms with Crippen LogP contribution in [-0.2, 0) is 12.8 Å². The molecule has 0 saturated carbocycles. The van der Waals surface area contributed by atoms with E-state index in [2.05, 4.69) is 19.1 Å². The molecule has 3 rings (SSSR count). The second-order valence-electron chi connectivity index (χ2n) is 6.95. The molecule has 1 N–H and O–H groups in total. The van der Waals surface area contributed by atoms with Gasteiger partial charge in [0.05, 0.1) is 0 Å². The number of rotatable bonds is 8. The molecule has 0 amide bonds. The van der Waals surface area contributed by atoms with Gasteiger partial charge in [0.1, 0.15) is 17.2 Å². The monoisotopic (exact) mass is 358 g/mol. The van der Waals surface area contributed by atoms with Crippen LogP contribution >= 0.6 is 11.6 Å². The highest BCUT2D eigenvalue weighted by molar-refractivity contribution is 6.30. The van der Waals surface area contributed by atoms with E-state index in [1.807, 2.05) is 6.07 Å². The Morgan fingerprint density at radius 2 is 1.72 bits per heavy atom. The summed E-state index contributed by atoms with van der Waals surface area (Å²) < 4.78 is 6.01. The van der Waals surface area contributed by atoms with Crippen molar-refractivity contribution in [1.82, 2.24) is 0 Å². The fourth-order valence-electron chi connectivity index (χ4n) is 3.58. The third kappa shape index (κ3) is 4.49. The average Bonchev–Trinajstić information content (AvgIpc) is 2.59. The van der Waals surface area contributed by atoms with Crippen molar-refractivity contribution in [2.75, 3.05) is 0 Å². The van der Waals surface area contributed by atoms with Crippen LogP contribution in [0.4, 0.5) is 0 Å². The molecule has 0 radical (unpaired) electrons. The molecule has 3 heteroatoms. The number of aromatic hydroxyl groups is 1. The van der Waals surface area contributed by atoms with Crippen molar-refractivity contribution in [1.29, 1.82) is 0 Å². The lowest BCUT2D eigenvalue weighted by atomic mass is 9.92. The highest BCUT2D eigenvalue weighted by Gasteiger charge is 2.22. The van der Waals surface area contributed by atoms with Gasteiger partial charge < -0.3 is 9.84 Å². The summed E-state index contributed by atoms with van der Waals surface area (Å²) in [6.07, 6.45) is 11.0. The third-order valence-electron chi connectivity index (χ3n) is 5.00. The fourth-order valence-corrected chi connectivity index (χ4v) is 3.78. The second-order valence-corrected chi connectivity index (χ2v) is 7.38. The maximum Gasteiger partial charge on any atom is 0.136 e. The predicted octanol–water partition coefficient (Wildman–Crippen LogP) is 7.04. The first-order chi connectivity index (χ1) is 12.2. The van der Waals surface area contributed by atoms with Gasteiger partial charge in [-0.3, -0.25) is 0 Å². The Labute approximate surface area is 155 Å². The van der Waals surface area contributed by atoms with Crippen LogP contribution in [0.15, 0.2) is 30.3 Å². The van der Waals surface area contributed by atoms with Crippen molar-refractivity contribution < 1.29 is 9.84 Å². The Kier molecular flexibility index (Phi) is 6.25. The van der Waals surface area contributed by atoms with E-state index in [0.717, 1.165) is 17.7 Å². The first-order valence-corrected chi connectivity index (χ1v) is 9.87. The van der Waals surface area contributed by atoms with Gasteiger partial charge in [-0.25, -0.2) is 0 Å². The summed E-state index contributed by atoms with van der Waals surface area (Å²) in [6.45, 7) is 2.25. The van der Waals surface area contributed by atoms with Crippen LogP contribution in [0.1, 0.15) is 68.6 Å². The van der Waals surface area contributed by atoms with Crippen LogP contribution in [0.3, 0.4) is 0 Å². The van der Waals surface area contributed by atoms with Crippen LogP contribution in [0.2, 0.25) is 5.02 Å². The number of unbranched alkanes of at least 4 members (excludes halogenated alkanes) is 6. The molecule has 0 aromatic heterocycles. The standard InChI is InChI=1S/C22H27ClO2/c1-2-3-4-5-6-7-8-10-16-11-9-12-21-18(16)15-19-20(24)13-17(23)14-22(19)25-21/h9,11-14,24H,2-8,10,15H2,1H3. The first kappa shape index (κ1) is 18.1. The molecule has 0 atom stereocenters. The van der Waals surface area contributed by atoms with Gasteiger partial charge in [0.15, 0.2) is 0 Å². The number of halogens is 1. The molecule has 0 saturated heterocycles. The Balaban J connectivity index is 1.63. The van der Waals surface area contributed by atoms with Crippen molar-refractivity contribution in [3.63, 3.8) is 0 Å². The van der Waals surface area contributed by atoms with Crippen molar-refractivity contribution in [2.45, 2.75) is 64.7 Å². The van der Waals surface area contributed by atoms with Gasteiger partial charge in [-0.05, 0) is 36.6 Å². The highest BCUT2D eigenvalue weighted by atomic mass is 35.5. The Morgan fingerprint density at radius 1 is 0.960 bits per heavy atom. The summed E-state index contributed by atoms with van der Waals surface area (Å²) >= 11 is 6.03. The fraction of sp³-hybridized carbons (Fsp3) is 0.455. The van der Waals surface area contributed by atoms with Crippen LogP contribution in [0.25, 0.3) is 0 Å². The van der Waals surface area contributed by atoms with E-state index < -0.39 is 0 Å². The number of aryl methyl sites for hydroxylation is 1. The lowest BCUT2D eigenvalue weighted by Crippen LogP contribution is -2.06. The molecule has 1 aliphatic rings. The Morgan fingerprint density at radius 3 is 2.52 bits per heavy atom. The summed E-state index contributed by atoms with van der Waals surface area (Å²) in [6, 6.07) is 9.63. The van der Waals surface area contributed by atoms with Crippen LogP contribution in [0.5, 0.6) is 17.2 Å². The maximum atomic E-state index is 10.2. The van der Waals surface area contributed by atoms with Gasteiger partial charge in [0.2, 0.25) is 0 Å². The largest absolute Gasteiger partial charge is 0.507 e. The zero-order chi connectivity index (χ0) is 17.6. The van der Waals surface area contributed by atoms with E-state index in [4.69, 9.17) is 16.3 Å². The van der Waals surface area contributed by atoms with E-state index in [1.165, 1.54) is 56.1 Å². The molecule has 2 nitrogen and oxygen atoms in total. The zero-order valence-electron chi connectivity index (χ0n) is 15.0. The lowest BCUT2D eigenvalue weighted by Gasteiger charge is -2.23. The molecule has 2 aromatic rings. The molecular formula is C22H27ClO2. The molecule has 0 unspecified atom stereocenters. The van der Waals surface area contributed by atoms with Gasteiger partial charge in [0.25, 0.3) is 0 Å². The smallest absolute Gasteiger partial charge is 0.136 e. The predicted molar refractivity (Wildman–Crippen MR) is 104 cm³/mol. The summed E-state index contributed by atoms with van der Waals surface area (Å²) in [5, 5.41) is 10.7.